The first-order valence-corrected chi connectivity index (χ1v) is 1.82. The molecular weight excluding hydrogens is 133 g/mol. The standard InChI is InChI=1S/C4H3NO2.K.H/c6-3-1-2-4(7)5-3;;/h1-2H,(H,5,6,7);;. The second kappa shape index (κ2) is 3.52. The number of hydrogen-bond donors (Lipinski definition) is 1. The van der Waals surface area contributed by atoms with E-state index in [1.807, 2.05) is 5.32 Å². The quantitative estimate of drug-likeness (QED) is 0.328. The van der Waals surface area contributed by atoms with Gasteiger partial charge in [-0.25, -0.2) is 0 Å². The van der Waals surface area contributed by atoms with E-state index in [-0.39, 0.29) is 63.2 Å². The average Bonchev–Trinajstić information content (AvgIpc) is 1.87. The third-order valence-electron chi connectivity index (χ3n) is 0.632. The van der Waals surface area contributed by atoms with Gasteiger partial charge in [0.05, 0.1) is 0 Å². The molecule has 3 nitrogen and oxygen atoms in total. The molecule has 8 heavy (non-hydrogen) atoms. The van der Waals surface area contributed by atoms with E-state index >= 15 is 0 Å². The Bertz CT molecular complexity index is 136. The van der Waals surface area contributed by atoms with E-state index in [0.717, 1.165) is 0 Å². The summed E-state index contributed by atoms with van der Waals surface area (Å²) in [6.45, 7) is 0. The first kappa shape index (κ1) is 8.52. The third-order valence-corrected chi connectivity index (χ3v) is 0.632. The second-order valence-corrected chi connectivity index (χ2v) is 1.19. The average molecular weight is 137 g/mol. The molecule has 1 aliphatic heterocycles. The third kappa shape index (κ3) is 2.19. The fourth-order valence-corrected chi connectivity index (χ4v) is 0.356. The predicted octanol–water partition coefficient (Wildman–Crippen LogP) is -1.45. The summed E-state index contributed by atoms with van der Waals surface area (Å²) >= 11 is 0. The number of rotatable bonds is 0. The topological polar surface area (TPSA) is 46.2 Å². The molecule has 1 aliphatic rings. The zero-order valence-corrected chi connectivity index (χ0v) is 3.47. The Morgan fingerprint density at radius 2 is 1.50 bits per heavy atom. The second-order valence-electron chi connectivity index (χ2n) is 1.19. The van der Waals surface area contributed by atoms with Crippen LogP contribution in [0.25, 0.3) is 0 Å². The van der Waals surface area contributed by atoms with E-state index < -0.39 is 0 Å². The van der Waals surface area contributed by atoms with Gasteiger partial charge in [-0.15, -0.1) is 0 Å². The van der Waals surface area contributed by atoms with Crippen molar-refractivity contribution in [2.45, 2.75) is 0 Å². The van der Waals surface area contributed by atoms with Gasteiger partial charge < -0.3 is 0 Å². The molecule has 0 unspecified atom stereocenters. The van der Waals surface area contributed by atoms with Crippen LogP contribution in [0, 0.1) is 0 Å². The van der Waals surface area contributed by atoms with E-state index in [2.05, 4.69) is 0 Å². The number of hydrogen-bond acceptors (Lipinski definition) is 2. The molecule has 1 rings (SSSR count). The van der Waals surface area contributed by atoms with Crippen molar-refractivity contribution in [2.75, 3.05) is 0 Å². The number of carbonyl (C=O) groups excluding carboxylic acids is 2. The van der Waals surface area contributed by atoms with E-state index in [0.29, 0.717) is 0 Å². The Kier molecular flexibility index (Phi) is 3.75. The molecule has 0 aliphatic carbocycles. The zero-order chi connectivity index (χ0) is 5.28. The van der Waals surface area contributed by atoms with Gasteiger partial charge in [-0.2, -0.15) is 0 Å². The van der Waals surface area contributed by atoms with Crippen molar-refractivity contribution in [3.05, 3.63) is 12.2 Å². The monoisotopic (exact) mass is 137 g/mol. The fourth-order valence-electron chi connectivity index (χ4n) is 0.356. The summed E-state index contributed by atoms with van der Waals surface area (Å²) in [7, 11) is 0. The van der Waals surface area contributed by atoms with Crippen LogP contribution in [0.1, 0.15) is 0 Å². The van der Waals surface area contributed by atoms with Crippen LogP contribution in [-0.2, 0) is 9.59 Å². The Hall–Kier alpha value is 0.516. The molecule has 38 valence electrons. The molecule has 0 atom stereocenters. The number of nitrogens with one attached hydrogen (secondary N) is 1. The Labute approximate surface area is 88.9 Å². The van der Waals surface area contributed by atoms with Gasteiger partial charge >= 0.3 is 51.4 Å². The number of imide groups is 1. The van der Waals surface area contributed by atoms with Crippen LogP contribution < -0.4 is 5.32 Å². The molecule has 1 heterocycles. The van der Waals surface area contributed by atoms with Crippen molar-refractivity contribution in [3.8, 4) is 0 Å². The molecule has 0 bridgehead atoms. The van der Waals surface area contributed by atoms with Crippen molar-refractivity contribution >= 4 is 63.2 Å². The van der Waals surface area contributed by atoms with Crippen LogP contribution in [0.5, 0.6) is 0 Å². The van der Waals surface area contributed by atoms with E-state index in [9.17, 15) is 9.59 Å². The molecule has 2 amide bonds. The van der Waals surface area contributed by atoms with Gasteiger partial charge in [-0.3, -0.25) is 14.9 Å². The van der Waals surface area contributed by atoms with Crippen LogP contribution in [0.3, 0.4) is 0 Å². The van der Waals surface area contributed by atoms with Gasteiger partial charge in [0, 0.05) is 12.2 Å². The van der Waals surface area contributed by atoms with Crippen LogP contribution >= 0.6 is 0 Å². The van der Waals surface area contributed by atoms with Gasteiger partial charge in [0.25, 0.3) is 11.8 Å². The van der Waals surface area contributed by atoms with Gasteiger partial charge in [-0.1, -0.05) is 0 Å². The molecule has 0 fully saturated rings. The SMILES string of the molecule is O=C1C=CC(=O)N1.[KH]. The van der Waals surface area contributed by atoms with Crippen LogP contribution in [0.4, 0.5) is 0 Å². The summed E-state index contributed by atoms with van der Waals surface area (Å²) in [5.41, 5.74) is 0. The maximum absolute atomic E-state index is 10.0. The van der Waals surface area contributed by atoms with Crippen molar-refractivity contribution in [1.29, 1.82) is 0 Å². The molecule has 0 aromatic heterocycles. The summed E-state index contributed by atoms with van der Waals surface area (Å²) in [6, 6.07) is 0. The summed E-state index contributed by atoms with van der Waals surface area (Å²) in [5, 5.41) is 2.03. The molecule has 0 saturated carbocycles. The molecule has 0 radical (unpaired) electrons. The summed E-state index contributed by atoms with van der Waals surface area (Å²) in [6.07, 6.45) is 2.39. The summed E-state index contributed by atoms with van der Waals surface area (Å²) in [4.78, 5) is 20.1. The Morgan fingerprint density at radius 1 is 1.12 bits per heavy atom. The maximum atomic E-state index is 10.0. The minimum atomic E-state index is -0.329. The molecule has 1 N–H and O–H groups in total. The van der Waals surface area contributed by atoms with Crippen molar-refractivity contribution < 1.29 is 9.59 Å². The van der Waals surface area contributed by atoms with Gasteiger partial charge in [0.2, 0.25) is 0 Å². The van der Waals surface area contributed by atoms with Crippen molar-refractivity contribution in [1.82, 2.24) is 5.32 Å². The molecule has 0 spiro atoms. The van der Waals surface area contributed by atoms with E-state index in [1.165, 1.54) is 12.2 Å². The Morgan fingerprint density at radius 3 is 1.62 bits per heavy atom. The molecule has 4 heteroatoms. The number of carbonyl (C=O) groups is 2. The van der Waals surface area contributed by atoms with Crippen molar-refractivity contribution in [3.63, 3.8) is 0 Å². The van der Waals surface area contributed by atoms with Crippen LogP contribution in [-0.4, -0.2) is 63.2 Å². The predicted molar refractivity (Wildman–Crippen MR) is 29.4 cm³/mol. The van der Waals surface area contributed by atoms with Gasteiger partial charge in [0.1, 0.15) is 0 Å². The summed E-state index contributed by atoms with van der Waals surface area (Å²) < 4.78 is 0. The van der Waals surface area contributed by atoms with Crippen molar-refractivity contribution in [2.24, 2.45) is 0 Å². The van der Waals surface area contributed by atoms with E-state index in [1.54, 1.807) is 0 Å². The summed E-state index contributed by atoms with van der Waals surface area (Å²) in [5.74, 6) is -0.657. The van der Waals surface area contributed by atoms with E-state index in [4.69, 9.17) is 0 Å². The first-order valence-electron chi connectivity index (χ1n) is 1.82. The van der Waals surface area contributed by atoms with Crippen LogP contribution in [0.15, 0.2) is 12.2 Å². The Balaban J connectivity index is 0.000000490. The normalized spacial score (nSPS) is 15.5. The molecule has 0 aromatic rings. The van der Waals surface area contributed by atoms with Crippen LogP contribution in [0.2, 0.25) is 0 Å². The minimum absolute atomic E-state index is 0. The molecule has 0 saturated heterocycles. The molecular formula is C4H4KNO2. The molecule has 0 aromatic carbocycles. The fraction of sp³-hybridized carbons (Fsp3) is 0. The van der Waals surface area contributed by atoms with Gasteiger partial charge in [-0.05, 0) is 0 Å². The van der Waals surface area contributed by atoms with Gasteiger partial charge in [0.15, 0.2) is 0 Å². The zero-order valence-electron chi connectivity index (χ0n) is 3.47. The first-order chi connectivity index (χ1) is 3.29. The number of amides is 2.